The number of nitrogens with one attached hydrogen (secondary N) is 2. The molecule has 172 valence electrons. The predicted octanol–water partition coefficient (Wildman–Crippen LogP) is 5.48. The van der Waals surface area contributed by atoms with Gasteiger partial charge in [-0.25, -0.2) is 4.98 Å². The highest BCUT2D eigenvalue weighted by molar-refractivity contribution is 6.32. The Hall–Kier alpha value is -3.03. The Morgan fingerprint density at radius 1 is 1.24 bits per heavy atom. The molecule has 1 aliphatic rings. The molecule has 1 aromatic carbocycles. The van der Waals surface area contributed by atoms with Crippen LogP contribution in [-0.4, -0.2) is 38.5 Å². The number of alkyl halides is 1. The van der Waals surface area contributed by atoms with Crippen LogP contribution in [0.1, 0.15) is 30.1 Å². The zero-order chi connectivity index (χ0) is 23.4. The lowest BCUT2D eigenvalue weighted by atomic mass is 10.1. The summed E-state index contributed by atoms with van der Waals surface area (Å²) in [6, 6.07) is 10.4. The number of halogens is 2. The summed E-state index contributed by atoms with van der Waals surface area (Å²) in [5, 5.41) is 6.44. The normalized spacial score (nSPS) is 17.6. The number of allylic oxidation sites excluding steroid dienone is 2. The maximum atomic E-state index is 12.8. The van der Waals surface area contributed by atoms with E-state index in [4.69, 9.17) is 27.9 Å². The summed E-state index contributed by atoms with van der Waals surface area (Å²) in [6.07, 6.45) is 7.50. The van der Waals surface area contributed by atoms with Crippen LogP contribution in [0.25, 0.3) is 11.0 Å². The van der Waals surface area contributed by atoms with Crippen molar-refractivity contribution in [2.75, 3.05) is 17.2 Å². The molecule has 0 spiro atoms. The fourth-order valence-corrected chi connectivity index (χ4v) is 4.06. The van der Waals surface area contributed by atoms with Crippen LogP contribution >= 0.6 is 23.2 Å². The molecule has 7 nitrogen and oxygen atoms in total. The molecule has 2 heterocycles. The summed E-state index contributed by atoms with van der Waals surface area (Å²) < 4.78 is 7.52. The third kappa shape index (κ3) is 5.31. The lowest BCUT2D eigenvalue weighted by Crippen LogP contribution is -2.31. The van der Waals surface area contributed by atoms with Crippen molar-refractivity contribution in [2.45, 2.75) is 31.2 Å². The number of hydrogen-bond donors (Lipinski definition) is 2. The van der Waals surface area contributed by atoms with Crippen molar-refractivity contribution in [2.24, 2.45) is 7.05 Å². The number of aryl methyl sites for hydroxylation is 1. The van der Waals surface area contributed by atoms with Crippen LogP contribution in [0.3, 0.4) is 0 Å². The predicted molar refractivity (Wildman–Crippen MR) is 133 cm³/mol. The molecule has 2 aromatic heterocycles. The van der Waals surface area contributed by atoms with E-state index < -0.39 is 0 Å². The quantitative estimate of drug-likeness (QED) is 0.326. The molecule has 0 saturated carbocycles. The number of pyridine rings is 1. The van der Waals surface area contributed by atoms with Gasteiger partial charge < -0.3 is 19.9 Å². The Labute approximate surface area is 202 Å². The van der Waals surface area contributed by atoms with Gasteiger partial charge in [0.15, 0.2) is 0 Å². The number of aromatic nitrogens is 3. The van der Waals surface area contributed by atoms with Gasteiger partial charge in [-0.2, -0.15) is 4.98 Å². The number of benzene rings is 1. The van der Waals surface area contributed by atoms with Gasteiger partial charge in [0.05, 0.1) is 29.1 Å². The van der Waals surface area contributed by atoms with E-state index in [1.807, 2.05) is 29.8 Å². The fourth-order valence-electron chi connectivity index (χ4n) is 3.45. The van der Waals surface area contributed by atoms with E-state index >= 15 is 0 Å². The molecule has 0 aliphatic heterocycles. The summed E-state index contributed by atoms with van der Waals surface area (Å²) in [5.74, 6) is 1.25. The van der Waals surface area contributed by atoms with Crippen LogP contribution < -0.4 is 15.4 Å². The summed E-state index contributed by atoms with van der Waals surface area (Å²) in [7, 11) is 1.89. The van der Waals surface area contributed by atoms with Gasteiger partial charge >= 0.3 is 0 Å². The summed E-state index contributed by atoms with van der Waals surface area (Å²) in [6.45, 7) is 2.69. The van der Waals surface area contributed by atoms with Gasteiger partial charge in [-0.3, -0.25) is 4.79 Å². The number of fused-ring (bicyclic) bond motifs is 1. The molecule has 4 rings (SSSR count). The monoisotopic (exact) mass is 485 g/mol. The largest absolute Gasteiger partial charge is 0.478 e. The molecule has 1 aliphatic carbocycles. The molecular weight excluding hydrogens is 461 g/mol. The Kier molecular flexibility index (Phi) is 7.20. The lowest BCUT2D eigenvalue weighted by Gasteiger charge is -2.23. The van der Waals surface area contributed by atoms with Crippen molar-refractivity contribution in [1.82, 2.24) is 14.5 Å². The van der Waals surface area contributed by atoms with Crippen molar-refractivity contribution < 1.29 is 9.53 Å². The number of imidazole rings is 1. The van der Waals surface area contributed by atoms with Gasteiger partial charge in [0, 0.05) is 23.7 Å². The van der Waals surface area contributed by atoms with E-state index in [0.29, 0.717) is 40.4 Å². The average Bonchev–Trinajstić information content (AvgIpc) is 3.11. The zero-order valence-corrected chi connectivity index (χ0v) is 19.9. The molecule has 33 heavy (non-hydrogen) atoms. The number of hydrogen-bond acceptors (Lipinski definition) is 5. The molecule has 0 radical (unpaired) electrons. The number of nitrogens with zero attached hydrogens (tertiary/aromatic N) is 3. The molecule has 2 unspecified atom stereocenters. The van der Waals surface area contributed by atoms with Crippen molar-refractivity contribution in [3.63, 3.8) is 0 Å². The number of amides is 1. The molecule has 0 fully saturated rings. The number of anilines is 2. The summed E-state index contributed by atoms with van der Waals surface area (Å²) in [4.78, 5) is 21.8. The second-order valence-electron chi connectivity index (χ2n) is 7.72. The topological polar surface area (TPSA) is 81.1 Å². The first-order valence-electron chi connectivity index (χ1n) is 10.8. The van der Waals surface area contributed by atoms with Crippen LogP contribution in [0.2, 0.25) is 0 Å². The first-order valence-corrected chi connectivity index (χ1v) is 11.6. The van der Waals surface area contributed by atoms with Crippen molar-refractivity contribution in [3.05, 3.63) is 65.2 Å². The molecule has 0 saturated heterocycles. The Morgan fingerprint density at radius 2 is 2.09 bits per heavy atom. The van der Waals surface area contributed by atoms with Gasteiger partial charge in [0.1, 0.15) is 5.82 Å². The molecule has 0 bridgehead atoms. The Morgan fingerprint density at radius 3 is 2.88 bits per heavy atom. The van der Waals surface area contributed by atoms with Crippen LogP contribution in [0.4, 0.5) is 11.8 Å². The first kappa shape index (κ1) is 23.1. The maximum Gasteiger partial charge on any atom is 0.256 e. The highest BCUT2D eigenvalue weighted by atomic mass is 35.5. The lowest BCUT2D eigenvalue weighted by molar-refractivity contribution is 0.102. The van der Waals surface area contributed by atoms with Gasteiger partial charge in [-0.15, -0.1) is 11.6 Å². The summed E-state index contributed by atoms with van der Waals surface area (Å²) in [5.41, 5.74) is 2.02. The fraction of sp³-hybridized carbons (Fsp3) is 0.292. The highest BCUT2D eigenvalue weighted by Gasteiger charge is 2.24. The van der Waals surface area contributed by atoms with Gasteiger partial charge in [0.25, 0.3) is 5.91 Å². The minimum absolute atomic E-state index is 0.278. The zero-order valence-electron chi connectivity index (χ0n) is 18.4. The number of rotatable bonds is 8. The minimum atomic E-state index is -0.294. The third-order valence-electron chi connectivity index (χ3n) is 5.31. The van der Waals surface area contributed by atoms with Gasteiger partial charge in [-0.1, -0.05) is 43.2 Å². The van der Waals surface area contributed by atoms with E-state index in [0.717, 1.165) is 18.4 Å². The van der Waals surface area contributed by atoms with E-state index in [1.165, 1.54) is 0 Å². The second-order valence-corrected chi connectivity index (χ2v) is 8.66. The highest BCUT2D eigenvalue weighted by Crippen LogP contribution is 2.27. The first-order chi connectivity index (χ1) is 16.0. The second kappa shape index (κ2) is 10.3. The Balaban J connectivity index is 1.50. The van der Waals surface area contributed by atoms with Crippen LogP contribution in [0.5, 0.6) is 5.88 Å². The van der Waals surface area contributed by atoms with E-state index in [-0.39, 0.29) is 17.3 Å². The number of carbonyl (C=O) groups excluding carboxylic acids is 1. The standard InChI is InChI=1S/C24H25Cl2N5O2/c1-3-4-13-33-21-10-6-9-20(28-21)29-23(32)15-11-12-19-18(14-15)27-24(31(19)2)30-22-16(25)7-5-8-17(22)26/h5-12,14,16,22H,3-4,13H2,1-2H3,(H,27,30)(H,28,29,32). The summed E-state index contributed by atoms with van der Waals surface area (Å²) >= 11 is 12.7. The molecular formula is C24H25Cl2N5O2. The minimum Gasteiger partial charge on any atom is -0.478 e. The number of unbranched alkanes of at least 4 members (excludes halogenated alkanes) is 1. The Bertz CT molecular complexity index is 1220. The molecule has 1 amide bonds. The van der Waals surface area contributed by atoms with Crippen LogP contribution in [0, 0.1) is 0 Å². The van der Waals surface area contributed by atoms with Gasteiger partial charge in [0.2, 0.25) is 11.8 Å². The van der Waals surface area contributed by atoms with E-state index in [2.05, 4.69) is 27.5 Å². The van der Waals surface area contributed by atoms with Crippen molar-refractivity contribution >= 4 is 51.9 Å². The smallest absolute Gasteiger partial charge is 0.256 e. The van der Waals surface area contributed by atoms with Crippen LogP contribution in [-0.2, 0) is 7.05 Å². The van der Waals surface area contributed by atoms with E-state index in [1.54, 1.807) is 36.4 Å². The van der Waals surface area contributed by atoms with Crippen molar-refractivity contribution in [3.8, 4) is 5.88 Å². The molecule has 9 heteroatoms. The SMILES string of the molecule is CCCCOc1cccc(NC(=O)c2ccc3c(c2)nc(NC2C(Cl)=CC=CC2Cl)n3C)n1. The maximum absolute atomic E-state index is 12.8. The number of ether oxygens (including phenoxy) is 1. The molecule has 2 atom stereocenters. The van der Waals surface area contributed by atoms with Gasteiger partial charge in [-0.05, 0) is 36.8 Å². The van der Waals surface area contributed by atoms with E-state index in [9.17, 15) is 4.79 Å². The van der Waals surface area contributed by atoms with Crippen molar-refractivity contribution in [1.29, 1.82) is 0 Å². The molecule has 3 aromatic rings. The van der Waals surface area contributed by atoms with Crippen LogP contribution in [0.15, 0.2) is 59.7 Å². The molecule has 2 N–H and O–H groups in total. The average molecular weight is 486 g/mol. The number of carbonyl (C=O) groups is 1. The third-order valence-corrected chi connectivity index (χ3v) is 6.07.